The van der Waals surface area contributed by atoms with Crippen molar-refractivity contribution in [3.05, 3.63) is 59.7 Å². The maximum Gasteiger partial charge on any atom is 0.283 e. The Bertz CT molecular complexity index is 808. The van der Waals surface area contributed by atoms with Crippen molar-refractivity contribution in [2.24, 2.45) is 4.40 Å². The molecule has 2 aromatic rings. The van der Waals surface area contributed by atoms with E-state index in [4.69, 9.17) is 0 Å². The normalized spacial score (nSPS) is 19.5. The Kier molecular flexibility index (Phi) is 3.53. The molecule has 1 aliphatic rings. The molecule has 0 saturated heterocycles. The molecule has 22 heavy (non-hydrogen) atoms. The zero-order valence-corrected chi connectivity index (χ0v) is 13.6. The number of aryl methyl sites for hydroxylation is 1. The molecule has 1 atom stereocenters. The predicted octanol–water partition coefficient (Wildman–Crippen LogP) is 3.34. The van der Waals surface area contributed by atoms with Crippen molar-refractivity contribution in [2.45, 2.75) is 24.7 Å². The number of sulfonamides is 1. The lowest BCUT2D eigenvalue weighted by molar-refractivity contribution is 0.597. The smallest absolute Gasteiger partial charge is 0.283 e. The third-order valence-electron chi connectivity index (χ3n) is 4.03. The molecule has 3 rings (SSSR count). The summed E-state index contributed by atoms with van der Waals surface area (Å²) < 4.78 is 29.2. The van der Waals surface area contributed by atoms with Crippen molar-refractivity contribution in [3.8, 4) is 0 Å². The zero-order chi connectivity index (χ0) is 15.9. The van der Waals surface area contributed by atoms with Crippen molar-refractivity contribution in [1.29, 1.82) is 0 Å². The number of hydrogen-bond donors (Lipinski definition) is 0. The van der Waals surface area contributed by atoms with Gasteiger partial charge in [-0.15, -0.1) is 4.40 Å². The van der Waals surface area contributed by atoms with Crippen LogP contribution in [0.25, 0.3) is 0 Å². The quantitative estimate of drug-likeness (QED) is 0.854. The van der Waals surface area contributed by atoms with Gasteiger partial charge in [-0.3, -0.25) is 0 Å². The molecule has 114 valence electrons. The molecular weight excluding hydrogens is 296 g/mol. The first-order chi connectivity index (χ1) is 10.4. The van der Waals surface area contributed by atoms with E-state index in [-0.39, 0.29) is 10.8 Å². The Balaban J connectivity index is 2.04. The van der Waals surface area contributed by atoms with Gasteiger partial charge in [0.1, 0.15) is 5.84 Å². The number of benzene rings is 2. The Morgan fingerprint density at radius 3 is 2.32 bits per heavy atom. The lowest BCUT2D eigenvalue weighted by Crippen LogP contribution is -2.24. The van der Waals surface area contributed by atoms with Gasteiger partial charge in [0.05, 0.1) is 4.90 Å². The molecule has 0 spiro atoms. The molecule has 0 aromatic heterocycles. The average Bonchev–Trinajstić information content (AvgIpc) is 2.73. The van der Waals surface area contributed by atoms with Crippen LogP contribution in [-0.4, -0.2) is 21.3 Å². The fourth-order valence-corrected chi connectivity index (χ4v) is 3.85. The fourth-order valence-electron chi connectivity index (χ4n) is 2.74. The number of para-hydroxylation sites is 1. The molecule has 0 amide bonds. The van der Waals surface area contributed by atoms with Crippen LogP contribution in [-0.2, 0) is 10.0 Å². The molecule has 5 heteroatoms. The number of amidine groups is 1. The van der Waals surface area contributed by atoms with E-state index in [0.717, 1.165) is 16.8 Å². The van der Waals surface area contributed by atoms with Gasteiger partial charge >= 0.3 is 0 Å². The zero-order valence-electron chi connectivity index (χ0n) is 12.8. The van der Waals surface area contributed by atoms with Crippen LogP contribution in [0.4, 0.5) is 5.69 Å². The highest BCUT2D eigenvalue weighted by Gasteiger charge is 2.31. The van der Waals surface area contributed by atoms with Crippen LogP contribution in [0.3, 0.4) is 0 Å². The Morgan fingerprint density at radius 2 is 1.68 bits per heavy atom. The van der Waals surface area contributed by atoms with E-state index >= 15 is 0 Å². The minimum absolute atomic E-state index is 0.0403. The van der Waals surface area contributed by atoms with Gasteiger partial charge in [-0.2, -0.15) is 8.42 Å². The molecule has 0 N–H and O–H groups in total. The number of rotatable bonds is 2. The van der Waals surface area contributed by atoms with Crippen LogP contribution in [0.1, 0.15) is 24.0 Å². The van der Waals surface area contributed by atoms with Crippen molar-refractivity contribution in [3.63, 3.8) is 0 Å². The lowest BCUT2D eigenvalue weighted by Gasteiger charge is -2.14. The van der Waals surface area contributed by atoms with E-state index in [9.17, 15) is 8.42 Å². The number of anilines is 1. The predicted molar refractivity (Wildman–Crippen MR) is 89.1 cm³/mol. The van der Waals surface area contributed by atoms with Gasteiger partial charge in [-0.05, 0) is 30.7 Å². The van der Waals surface area contributed by atoms with E-state index in [2.05, 4.69) is 4.40 Å². The van der Waals surface area contributed by atoms with Gasteiger partial charge in [0.2, 0.25) is 0 Å². The highest BCUT2D eigenvalue weighted by molar-refractivity contribution is 7.90. The molecule has 0 saturated carbocycles. The summed E-state index contributed by atoms with van der Waals surface area (Å²) in [6.07, 6.45) is 0. The summed E-state index contributed by atoms with van der Waals surface area (Å²) in [5.74, 6) is 0.517. The van der Waals surface area contributed by atoms with Crippen LogP contribution in [0.15, 0.2) is 57.8 Å². The van der Waals surface area contributed by atoms with Crippen LogP contribution in [0.5, 0.6) is 0 Å². The molecule has 4 nitrogen and oxygen atoms in total. The largest absolute Gasteiger partial charge is 0.331 e. The summed E-state index contributed by atoms with van der Waals surface area (Å²) in [5.41, 5.74) is 3.13. The van der Waals surface area contributed by atoms with Crippen molar-refractivity contribution >= 4 is 21.5 Å². The second-order valence-corrected chi connectivity index (χ2v) is 7.18. The third-order valence-corrected chi connectivity index (χ3v) is 5.32. The summed E-state index contributed by atoms with van der Waals surface area (Å²) >= 11 is 0. The van der Waals surface area contributed by atoms with E-state index < -0.39 is 10.0 Å². The lowest BCUT2D eigenvalue weighted by atomic mass is 10.0. The number of likely N-dealkylation sites (N-methyl/N-ethyl adjacent to an activating group) is 1. The molecule has 0 fully saturated rings. The van der Waals surface area contributed by atoms with Crippen LogP contribution in [0, 0.1) is 6.92 Å². The summed E-state index contributed by atoms with van der Waals surface area (Å²) in [5, 5.41) is 0. The summed E-state index contributed by atoms with van der Waals surface area (Å²) in [6, 6.07) is 14.7. The van der Waals surface area contributed by atoms with Gasteiger partial charge in [0, 0.05) is 18.7 Å². The van der Waals surface area contributed by atoms with E-state index in [0.29, 0.717) is 5.84 Å². The first-order valence-electron chi connectivity index (χ1n) is 7.14. The first kappa shape index (κ1) is 14.8. The van der Waals surface area contributed by atoms with E-state index in [1.807, 2.05) is 50.1 Å². The minimum Gasteiger partial charge on any atom is -0.331 e. The summed E-state index contributed by atoms with van der Waals surface area (Å²) in [4.78, 5) is 2.08. The maximum atomic E-state index is 12.5. The SMILES string of the molecule is Cc1ccc(S(=O)(=O)/N=C2/C(C)c3ccccc3N2C)cc1. The van der Waals surface area contributed by atoms with Crippen molar-refractivity contribution in [2.75, 3.05) is 11.9 Å². The first-order valence-corrected chi connectivity index (χ1v) is 8.58. The van der Waals surface area contributed by atoms with Crippen LogP contribution < -0.4 is 4.90 Å². The van der Waals surface area contributed by atoms with Crippen molar-refractivity contribution in [1.82, 2.24) is 0 Å². The second-order valence-electron chi connectivity index (χ2n) is 5.58. The Labute approximate surface area is 131 Å². The summed E-state index contributed by atoms with van der Waals surface area (Å²) in [6.45, 7) is 3.90. The Morgan fingerprint density at radius 1 is 1.05 bits per heavy atom. The van der Waals surface area contributed by atoms with E-state index in [1.54, 1.807) is 24.3 Å². The molecule has 0 bridgehead atoms. The molecule has 1 unspecified atom stereocenters. The number of hydrogen-bond acceptors (Lipinski definition) is 2. The van der Waals surface area contributed by atoms with Gasteiger partial charge in [0.15, 0.2) is 0 Å². The third kappa shape index (κ3) is 2.41. The monoisotopic (exact) mass is 314 g/mol. The molecule has 0 aliphatic carbocycles. The van der Waals surface area contributed by atoms with Crippen LogP contribution >= 0.6 is 0 Å². The molecule has 1 aliphatic heterocycles. The minimum atomic E-state index is -3.70. The van der Waals surface area contributed by atoms with E-state index in [1.165, 1.54) is 0 Å². The number of nitrogens with zero attached hydrogens (tertiary/aromatic N) is 2. The fraction of sp³-hybridized carbons (Fsp3) is 0.235. The Hall–Kier alpha value is -2.14. The van der Waals surface area contributed by atoms with Gasteiger partial charge < -0.3 is 4.90 Å². The van der Waals surface area contributed by atoms with Gasteiger partial charge in [-0.1, -0.05) is 42.8 Å². The van der Waals surface area contributed by atoms with Gasteiger partial charge in [0.25, 0.3) is 10.0 Å². The highest BCUT2D eigenvalue weighted by atomic mass is 32.2. The average molecular weight is 314 g/mol. The molecule has 1 heterocycles. The van der Waals surface area contributed by atoms with Crippen molar-refractivity contribution < 1.29 is 8.42 Å². The number of fused-ring (bicyclic) bond motifs is 1. The topological polar surface area (TPSA) is 49.7 Å². The van der Waals surface area contributed by atoms with Crippen LogP contribution in [0.2, 0.25) is 0 Å². The van der Waals surface area contributed by atoms with Gasteiger partial charge in [-0.25, -0.2) is 0 Å². The molecular formula is C17H18N2O2S. The standard InChI is InChI=1S/C17H18N2O2S/c1-12-8-10-14(11-9-12)22(20,21)18-17-13(2)15-6-4-5-7-16(15)19(17)3/h4-11,13H,1-3H3/b18-17-. The molecule has 2 aromatic carbocycles. The maximum absolute atomic E-state index is 12.5. The summed E-state index contributed by atoms with van der Waals surface area (Å²) in [7, 11) is -1.84. The molecule has 0 radical (unpaired) electrons. The highest BCUT2D eigenvalue weighted by Crippen LogP contribution is 2.37. The second kappa shape index (κ2) is 5.25.